The van der Waals surface area contributed by atoms with Crippen LogP contribution in [-0.4, -0.2) is 49.5 Å². The summed E-state index contributed by atoms with van der Waals surface area (Å²) in [5.74, 6) is 1.61. The van der Waals surface area contributed by atoms with Crippen LogP contribution < -0.4 is 20.1 Å². The molecule has 1 aliphatic rings. The number of methoxy groups -OCH3 is 2. The molecule has 1 fully saturated rings. The summed E-state index contributed by atoms with van der Waals surface area (Å²) in [6, 6.07) is 15.2. The van der Waals surface area contributed by atoms with Gasteiger partial charge in [0, 0.05) is 37.3 Å². The molecule has 7 nitrogen and oxygen atoms in total. The van der Waals surface area contributed by atoms with Gasteiger partial charge in [0.25, 0.3) is 5.91 Å². The average Bonchev–Trinajstić information content (AvgIpc) is 3.18. The SMILES string of the molecule is COc1ccc(OC)c(-c2nn(-c3ccccc3)cc2C(=O)NCC2CNC2)c1. The third-order valence-corrected chi connectivity index (χ3v) is 5.06. The predicted molar refractivity (Wildman–Crippen MR) is 111 cm³/mol. The highest BCUT2D eigenvalue weighted by atomic mass is 16.5. The van der Waals surface area contributed by atoms with Crippen LogP contribution in [0.15, 0.2) is 54.7 Å². The molecule has 7 heteroatoms. The minimum absolute atomic E-state index is 0.154. The van der Waals surface area contributed by atoms with E-state index in [0.717, 1.165) is 18.8 Å². The van der Waals surface area contributed by atoms with Crippen molar-refractivity contribution < 1.29 is 14.3 Å². The summed E-state index contributed by atoms with van der Waals surface area (Å²) < 4.78 is 12.6. The van der Waals surface area contributed by atoms with Crippen molar-refractivity contribution in [1.82, 2.24) is 20.4 Å². The first kappa shape index (κ1) is 19.0. The Bertz CT molecular complexity index is 997. The van der Waals surface area contributed by atoms with Crippen LogP contribution >= 0.6 is 0 Å². The molecule has 2 heterocycles. The number of carbonyl (C=O) groups is 1. The van der Waals surface area contributed by atoms with E-state index >= 15 is 0 Å². The van der Waals surface area contributed by atoms with Gasteiger partial charge in [0.2, 0.25) is 0 Å². The lowest BCUT2D eigenvalue weighted by Gasteiger charge is -2.27. The second kappa shape index (κ2) is 8.36. The number of hydrogen-bond acceptors (Lipinski definition) is 5. The third-order valence-electron chi connectivity index (χ3n) is 5.06. The number of nitrogens with one attached hydrogen (secondary N) is 2. The molecule has 0 saturated carbocycles. The number of carbonyl (C=O) groups excluding carboxylic acids is 1. The summed E-state index contributed by atoms with van der Waals surface area (Å²) in [6.45, 7) is 2.50. The normalized spacial score (nSPS) is 13.6. The summed E-state index contributed by atoms with van der Waals surface area (Å²) in [5.41, 5.74) is 2.62. The maximum Gasteiger partial charge on any atom is 0.255 e. The van der Waals surface area contributed by atoms with E-state index in [0.29, 0.717) is 40.8 Å². The quantitative estimate of drug-likeness (QED) is 0.646. The summed E-state index contributed by atoms with van der Waals surface area (Å²) in [4.78, 5) is 13.0. The number of para-hydroxylation sites is 1. The molecular formula is C22H24N4O3. The molecular weight excluding hydrogens is 368 g/mol. The highest BCUT2D eigenvalue weighted by Crippen LogP contribution is 2.35. The van der Waals surface area contributed by atoms with Crippen LogP contribution in [0.25, 0.3) is 16.9 Å². The van der Waals surface area contributed by atoms with E-state index < -0.39 is 0 Å². The zero-order valence-electron chi connectivity index (χ0n) is 16.5. The fraction of sp³-hybridized carbons (Fsp3) is 0.273. The molecule has 0 spiro atoms. The standard InChI is InChI=1S/C22H24N4O3/c1-28-17-8-9-20(29-2)18(10-17)21-19(22(27)24-13-15-11-23-12-15)14-26(25-21)16-6-4-3-5-7-16/h3-10,14-15,23H,11-13H2,1-2H3,(H,24,27). The van der Waals surface area contributed by atoms with Crippen LogP contribution in [0, 0.1) is 5.92 Å². The molecule has 1 saturated heterocycles. The van der Waals surface area contributed by atoms with E-state index in [1.807, 2.05) is 48.5 Å². The number of amides is 1. The van der Waals surface area contributed by atoms with E-state index in [1.165, 1.54) is 0 Å². The van der Waals surface area contributed by atoms with Gasteiger partial charge in [0.05, 0.1) is 25.5 Å². The summed E-state index contributed by atoms with van der Waals surface area (Å²) in [6.07, 6.45) is 1.76. The molecule has 1 amide bonds. The molecule has 29 heavy (non-hydrogen) atoms. The summed E-state index contributed by atoms with van der Waals surface area (Å²) in [5, 5.41) is 11.0. The lowest BCUT2D eigenvalue weighted by atomic mass is 10.0. The van der Waals surface area contributed by atoms with Gasteiger partial charge in [-0.25, -0.2) is 4.68 Å². The average molecular weight is 392 g/mol. The number of rotatable bonds is 7. The third kappa shape index (κ3) is 3.95. The maximum atomic E-state index is 13.0. The zero-order chi connectivity index (χ0) is 20.2. The van der Waals surface area contributed by atoms with Gasteiger partial charge in [0.15, 0.2) is 0 Å². The van der Waals surface area contributed by atoms with Gasteiger partial charge in [-0.2, -0.15) is 5.10 Å². The largest absolute Gasteiger partial charge is 0.497 e. The molecule has 4 rings (SSSR count). The Balaban J connectivity index is 1.76. The first-order valence-electron chi connectivity index (χ1n) is 9.56. The molecule has 2 aromatic carbocycles. The Morgan fingerprint density at radius 1 is 1.17 bits per heavy atom. The number of aromatic nitrogens is 2. The molecule has 1 aliphatic heterocycles. The summed E-state index contributed by atoms with van der Waals surface area (Å²) >= 11 is 0. The van der Waals surface area contributed by atoms with Crippen LogP contribution in [0.3, 0.4) is 0 Å². The molecule has 0 aliphatic carbocycles. The monoisotopic (exact) mass is 392 g/mol. The van der Waals surface area contributed by atoms with E-state index in [4.69, 9.17) is 14.6 Å². The van der Waals surface area contributed by atoms with Crippen molar-refractivity contribution in [2.75, 3.05) is 33.9 Å². The van der Waals surface area contributed by atoms with E-state index in [9.17, 15) is 4.79 Å². The van der Waals surface area contributed by atoms with Crippen molar-refractivity contribution >= 4 is 5.91 Å². The van der Waals surface area contributed by atoms with Crippen molar-refractivity contribution in [2.24, 2.45) is 5.92 Å². The molecule has 0 radical (unpaired) electrons. The fourth-order valence-electron chi connectivity index (χ4n) is 3.28. The first-order valence-corrected chi connectivity index (χ1v) is 9.56. The van der Waals surface area contributed by atoms with Crippen LogP contribution in [-0.2, 0) is 0 Å². The van der Waals surface area contributed by atoms with Gasteiger partial charge in [-0.3, -0.25) is 4.79 Å². The van der Waals surface area contributed by atoms with Crippen molar-refractivity contribution in [1.29, 1.82) is 0 Å². The molecule has 150 valence electrons. The van der Waals surface area contributed by atoms with Crippen molar-refractivity contribution in [3.05, 3.63) is 60.3 Å². The second-order valence-corrected chi connectivity index (χ2v) is 6.97. The number of benzene rings is 2. The van der Waals surface area contributed by atoms with Crippen LogP contribution in [0.2, 0.25) is 0 Å². The Labute approximate surface area is 169 Å². The predicted octanol–water partition coefficient (Wildman–Crippen LogP) is 2.51. The van der Waals surface area contributed by atoms with Crippen molar-refractivity contribution in [2.45, 2.75) is 0 Å². The van der Waals surface area contributed by atoms with Crippen molar-refractivity contribution in [3.63, 3.8) is 0 Å². The summed E-state index contributed by atoms with van der Waals surface area (Å²) in [7, 11) is 3.21. The van der Waals surface area contributed by atoms with Gasteiger partial charge >= 0.3 is 0 Å². The molecule has 1 aromatic heterocycles. The zero-order valence-corrected chi connectivity index (χ0v) is 16.5. The smallest absolute Gasteiger partial charge is 0.255 e. The molecule has 0 bridgehead atoms. The highest BCUT2D eigenvalue weighted by molar-refractivity contribution is 6.00. The maximum absolute atomic E-state index is 13.0. The topological polar surface area (TPSA) is 77.4 Å². The van der Waals surface area contributed by atoms with E-state index in [1.54, 1.807) is 25.1 Å². The first-order chi connectivity index (χ1) is 14.2. The van der Waals surface area contributed by atoms with Gasteiger partial charge in [-0.05, 0) is 30.3 Å². The minimum atomic E-state index is -0.154. The Morgan fingerprint density at radius 3 is 2.62 bits per heavy atom. The van der Waals surface area contributed by atoms with Gasteiger partial charge in [-0.15, -0.1) is 0 Å². The minimum Gasteiger partial charge on any atom is -0.497 e. The Kier molecular flexibility index (Phi) is 5.48. The highest BCUT2D eigenvalue weighted by Gasteiger charge is 2.23. The van der Waals surface area contributed by atoms with E-state index in [-0.39, 0.29) is 5.91 Å². The number of ether oxygens (including phenoxy) is 2. The lowest BCUT2D eigenvalue weighted by Crippen LogP contribution is -2.48. The molecule has 3 aromatic rings. The number of hydrogen-bond donors (Lipinski definition) is 2. The van der Waals surface area contributed by atoms with Gasteiger partial charge < -0.3 is 20.1 Å². The Hall–Kier alpha value is -3.32. The second-order valence-electron chi connectivity index (χ2n) is 6.97. The molecule has 2 N–H and O–H groups in total. The van der Waals surface area contributed by atoms with Crippen LogP contribution in [0.5, 0.6) is 11.5 Å². The fourth-order valence-corrected chi connectivity index (χ4v) is 3.28. The van der Waals surface area contributed by atoms with Gasteiger partial charge in [-0.1, -0.05) is 18.2 Å². The van der Waals surface area contributed by atoms with Crippen LogP contribution in [0.4, 0.5) is 0 Å². The number of nitrogens with zero attached hydrogens (tertiary/aromatic N) is 2. The molecule has 0 unspecified atom stereocenters. The molecule has 0 atom stereocenters. The van der Waals surface area contributed by atoms with Crippen LogP contribution in [0.1, 0.15) is 10.4 Å². The van der Waals surface area contributed by atoms with Gasteiger partial charge in [0.1, 0.15) is 17.2 Å². The lowest BCUT2D eigenvalue weighted by molar-refractivity contribution is 0.0943. The van der Waals surface area contributed by atoms with E-state index in [2.05, 4.69) is 10.6 Å². The Morgan fingerprint density at radius 2 is 1.97 bits per heavy atom. The van der Waals surface area contributed by atoms with Crippen molar-refractivity contribution in [3.8, 4) is 28.4 Å².